The molecular weight excluding hydrogens is 813 g/mol. The van der Waals surface area contributed by atoms with Gasteiger partial charge in [-0.1, -0.05) is 92.7 Å². The van der Waals surface area contributed by atoms with Crippen molar-refractivity contribution in [1.82, 2.24) is 49.5 Å². The van der Waals surface area contributed by atoms with Gasteiger partial charge in [-0.3, -0.25) is 14.5 Å². The molecule has 3 aromatic carbocycles. The number of alkyl carbamates (subject to hydrolysis) is 1. The average Bonchev–Trinajstić information content (AvgIpc) is 4.17. The summed E-state index contributed by atoms with van der Waals surface area (Å²) in [4.78, 5) is 77.5. The zero-order valence-corrected chi connectivity index (χ0v) is 36.5. The Morgan fingerprint density at radius 1 is 0.781 bits per heavy atom. The van der Waals surface area contributed by atoms with Gasteiger partial charge < -0.3 is 39.5 Å². The second kappa shape index (κ2) is 19.0. The summed E-state index contributed by atoms with van der Waals surface area (Å²) in [6.07, 6.45) is 8.69. The second-order valence-corrected chi connectivity index (χ2v) is 16.9. The molecule has 64 heavy (non-hydrogen) atoms. The summed E-state index contributed by atoms with van der Waals surface area (Å²) < 4.78 is 6.85. The normalized spacial score (nSPS) is 17.1. The number of imidazole rings is 3. The number of rotatable bonds is 14. The van der Waals surface area contributed by atoms with Gasteiger partial charge in [-0.05, 0) is 59.4 Å². The van der Waals surface area contributed by atoms with E-state index in [1.807, 2.05) is 79.2 Å². The molecule has 0 radical (unpaired) electrons. The fourth-order valence-electron chi connectivity index (χ4n) is 9.01. The molecule has 8 rings (SSSR count). The molecule has 16 nitrogen and oxygen atoms in total. The van der Waals surface area contributed by atoms with E-state index in [2.05, 4.69) is 49.5 Å². The molecule has 0 spiro atoms. The van der Waals surface area contributed by atoms with E-state index in [4.69, 9.17) is 9.72 Å². The van der Waals surface area contributed by atoms with Crippen molar-refractivity contribution in [2.45, 2.75) is 76.7 Å². The minimum Gasteiger partial charge on any atom is -0.465 e. The van der Waals surface area contributed by atoms with Gasteiger partial charge in [0, 0.05) is 39.3 Å². The maximum atomic E-state index is 14.1. The first-order chi connectivity index (χ1) is 31.0. The van der Waals surface area contributed by atoms with Crippen molar-refractivity contribution in [2.75, 3.05) is 27.2 Å². The van der Waals surface area contributed by atoms with E-state index >= 15 is 0 Å². The van der Waals surface area contributed by atoms with Crippen molar-refractivity contribution < 1.29 is 29.0 Å². The van der Waals surface area contributed by atoms with E-state index in [0.717, 1.165) is 69.8 Å². The molecule has 4 amide bonds. The number of benzene rings is 3. The van der Waals surface area contributed by atoms with Crippen molar-refractivity contribution in [3.05, 3.63) is 127 Å². The molecule has 6 aromatic rings. The maximum absolute atomic E-state index is 14.1. The Morgan fingerprint density at radius 2 is 1.31 bits per heavy atom. The maximum Gasteiger partial charge on any atom is 0.407 e. The van der Waals surface area contributed by atoms with E-state index in [1.165, 1.54) is 14.2 Å². The Hall–Kier alpha value is -7.23. The number of methoxy groups -OCH3 is 1. The molecule has 4 N–H and O–H groups in total. The topological polar surface area (TPSA) is 195 Å². The van der Waals surface area contributed by atoms with Gasteiger partial charge in [0.05, 0.1) is 55.0 Å². The molecule has 2 saturated heterocycles. The number of H-pyrrole nitrogens is 2. The van der Waals surface area contributed by atoms with Crippen LogP contribution in [0.5, 0.6) is 0 Å². The van der Waals surface area contributed by atoms with Crippen molar-refractivity contribution in [1.29, 1.82) is 0 Å². The average molecular weight is 867 g/mol. The Labute approximate surface area is 371 Å². The van der Waals surface area contributed by atoms with Crippen LogP contribution >= 0.6 is 0 Å². The third-order valence-electron chi connectivity index (χ3n) is 12.3. The third-order valence-corrected chi connectivity index (χ3v) is 12.3. The van der Waals surface area contributed by atoms with E-state index in [-0.39, 0.29) is 36.2 Å². The Kier molecular flexibility index (Phi) is 12.9. The highest BCUT2D eigenvalue weighted by Gasteiger charge is 2.40. The van der Waals surface area contributed by atoms with E-state index in [0.29, 0.717) is 37.0 Å². The van der Waals surface area contributed by atoms with Gasteiger partial charge in [-0.2, -0.15) is 0 Å². The SMILES string of the molecule is COC(=O)N[C@@H](Cc1cn(Cc2ccccc2)cn1)C(=O)N1CCC[C@H]1c1ncc(-c2ccc(-c3ccc(-c4cnc([C@@H]5CCCN5C(=O)[C@H](C(C)C)N(C)C(=O)O)[nH]4)cc3)cc2)[nH]1. The number of likely N-dealkylation sites (tertiary alicyclic amines) is 2. The molecule has 0 unspecified atom stereocenters. The summed E-state index contributed by atoms with van der Waals surface area (Å²) in [6, 6.07) is 24.2. The largest absolute Gasteiger partial charge is 0.465 e. The molecular formula is C48H54N10O6. The molecule has 0 aliphatic carbocycles. The summed E-state index contributed by atoms with van der Waals surface area (Å²) >= 11 is 0. The molecule has 4 atom stereocenters. The summed E-state index contributed by atoms with van der Waals surface area (Å²) in [7, 11) is 2.73. The fourth-order valence-corrected chi connectivity index (χ4v) is 9.01. The highest BCUT2D eigenvalue weighted by molar-refractivity contribution is 5.87. The molecule has 0 bridgehead atoms. The lowest BCUT2D eigenvalue weighted by molar-refractivity contribution is -0.138. The van der Waals surface area contributed by atoms with Crippen LogP contribution in [0.4, 0.5) is 9.59 Å². The fraction of sp³-hybridized carbons (Fsp3) is 0.354. The van der Waals surface area contributed by atoms with Crippen molar-refractivity contribution >= 4 is 24.0 Å². The Bertz CT molecular complexity index is 2570. The molecule has 3 aromatic heterocycles. The van der Waals surface area contributed by atoms with Gasteiger partial charge in [-0.15, -0.1) is 0 Å². The van der Waals surface area contributed by atoms with Gasteiger partial charge in [0.25, 0.3) is 0 Å². The van der Waals surface area contributed by atoms with Gasteiger partial charge >= 0.3 is 12.2 Å². The highest BCUT2D eigenvalue weighted by atomic mass is 16.5. The molecule has 0 saturated carbocycles. The lowest BCUT2D eigenvalue weighted by Gasteiger charge is -2.33. The summed E-state index contributed by atoms with van der Waals surface area (Å²) in [5.41, 5.74) is 7.44. The van der Waals surface area contributed by atoms with Gasteiger partial charge in [0.1, 0.15) is 23.7 Å². The van der Waals surface area contributed by atoms with Gasteiger partial charge in [-0.25, -0.2) is 24.5 Å². The first-order valence-electron chi connectivity index (χ1n) is 21.7. The second-order valence-electron chi connectivity index (χ2n) is 16.9. The predicted octanol–water partition coefficient (Wildman–Crippen LogP) is 7.31. The lowest BCUT2D eigenvalue weighted by atomic mass is 10.0. The Balaban J connectivity index is 0.909. The summed E-state index contributed by atoms with van der Waals surface area (Å²) in [5, 5.41) is 12.4. The zero-order chi connectivity index (χ0) is 44.9. The molecule has 2 aliphatic heterocycles. The van der Waals surface area contributed by atoms with Crippen molar-refractivity contribution in [3.8, 4) is 33.6 Å². The molecule has 2 fully saturated rings. The highest BCUT2D eigenvalue weighted by Crippen LogP contribution is 2.35. The van der Waals surface area contributed by atoms with Crippen LogP contribution in [0, 0.1) is 5.92 Å². The number of amides is 4. The standard InChI is InChI=1S/C48H54N10O6/c1-30(2)42(55(3)48(62)63)46(60)58-23-9-13-41(58)44-50-26-39(53-44)35-20-16-33(17-21-35)32-14-18-34(19-15-32)38-25-49-43(52-38)40-12-8-22-57(40)45(59)37(54-47(61)64-4)24-36-28-56(29-51-36)27-31-10-6-5-7-11-31/h5-7,10-11,14-21,25-26,28-30,37,40-42H,8-9,12-13,22-24,27H2,1-4H3,(H,49,52)(H,50,53)(H,54,61)(H,62,63)/t37-,40-,41-,42-/m0/s1. The summed E-state index contributed by atoms with van der Waals surface area (Å²) in [5.74, 6) is 0.771. The number of carbonyl (C=O) groups excluding carboxylic acids is 3. The van der Waals surface area contributed by atoms with Crippen LogP contribution < -0.4 is 5.32 Å². The third kappa shape index (κ3) is 9.40. The van der Waals surface area contributed by atoms with Gasteiger partial charge in [0.15, 0.2) is 0 Å². The Morgan fingerprint density at radius 3 is 1.83 bits per heavy atom. The minimum atomic E-state index is -1.13. The smallest absolute Gasteiger partial charge is 0.407 e. The molecule has 332 valence electrons. The number of hydrogen-bond donors (Lipinski definition) is 4. The molecule has 2 aliphatic rings. The van der Waals surface area contributed by atoms with Crippen LogP contribution in [-0.4, -0.2) is 113 Å². The minimum absolute atomic E-state index is 0.180. The quantitative estimate of drug-likeness (QED) is 0.0869. The van der Waals surface area contributed by atoms with Crippen LogP contribution in [0.3, 0.4) is 0 Å². The molecule has 5 heterocycles. The molecule has 16 heteroatoms. The van der Waals surface area contributed by atoms with Gasteiger partial charge in [0.2, 0.25) is 11.8 Å². The number of carbonyl (C=O) groups is 4. The summed E-state index contributed by atoms with van der Waals surface area (Å²) in [6.45, 7) is 5.44. The van der Waals surface area contributed by atoms with Crippen LogP contribution in [0.2, 0.25) is 0 Å². The monoisotopic (exact) mass is 866 g/mol. The van der Waals surface area contributed by atoms with Crippen LogP contribution in [0.25, 0.3) is 33.6 Å². The van der Waals surface area contributed by atoms with Crippen LogP contribution in [0.1, 0.15) is 74.5 Å². The number of nitrogens with one attached hydrogen (secondary N) is 3. The number of ether oxygens (including phenoxy) is 1. The van der Waals surface area contributed by atoms with E-state index < -0.39 is 24.3 Å². The number of likely N-dealkylation sites (N-methyl/N-ethyl adjacent to an activating group) is 1. The predicted molar refractivity (Wildman–Crippen MR) is 240 cm³/mol. The van der Waals surface area contributed by atoms with E-state index in [9.17, 15) is 24.3 Å². The first kappa shape index (κ1) is 43.4. The first-order valence-corrected chi connectivity index (χ1v) is 21.7. The number of hydrogen-bond acceptors (Lipinski definition) is 8. The number of aromatic nitrogens is 6. The van der Waals surface area contributed by atoms with Crippen molar-refractivity contribution in [3.63, 3.8) is 0 Å². The van der Waals surface area contributed by atoms with E-state index in [1.54, 1.807) is 28.5 Å². The number of carboxylic acid groups (broad SMARTS) is 1. The zero-order valence-electron chi connectivity index (χ0n) is 36.5. The number of aromatic amines is 2. The van der Waals surface area contributed by atoms with Crippen LogP contribution in [-0.2, 0) is 27.3 Å². The van der Waals surface area contributed by atoms with Crippen molar-refractivity contribution in [2.24, 2.45) is 5.92 Å². The van der Waals surface area contributed by atoms with Crippen LogP contribution in [0.15, 0.2) is 104 Å². The number of nitrogens with zero attached hydrogens (tertiary/aromatic N) is 7. The lowest BCUT2D eigenvalue weighted by Crippen LogP contribution is -2.51.